The minimum Gasteiger partial charge on any atom is -0.434 e. The zero-order chi connectivity index (χ0) is 20.6. The van der Waals surface area contributed by atoms with Crippen LogP contribution in [0.2, 0.25) is 0 Å². The Morgan fingerprint density at radius 3 is 2.72 bits per heavy atom. The lowest BCUT2D eigenvalue weighted by Crippen LogP contribution is -2.48. The predicted octanol–water partition coefficient (Wildman–Crippen LogP) is 4.21. The Labute approximate surface area is 172 Å². The van der Waals surface area contributed by atoms with Crippen LogP contribution in [0.1, 0.15) is 25.3 Å². The number of anilines is 1. The third-order valence-corrected chi connectivity index (χ3v) is 5.61. The van der Waals surface area contributed by atoms with Gasteiger partial charge >= 0.3 is 6.61 Å². The molecule has 5 nitrogen and oxygen atoms in total. The van der Waals surface area contributed by atoms with Crippen molar-refractivity contribution >= 4 is 22.3 Å². The number of nitrogens with zero attached hydrogens (tertiary/aromatic N) is 2. The molecule has 158 valence electrons. The number of benzene rings is 1. The van der Waals surface area contributed by atoms with Crippen LogP contribution in [0.15, 0.2) is 40.7 Å². The molecule has 1 aliphatic rings. The van der Waals surface area contributed by atoms with Gasteiger partial charge in [0, 0.05) is 25.7 Å². The third-order valence-electron chi connectivity index (χ3n) is 4.69. The van der Waals surface area contributed by atoms with Crippen molar-refractivity contribution in [3.8, 4) is 5.75 Å². The van der Waals surface area contributed by atoms with E-state index in [-0.39, 0.29) is 23.9 Å². The van der Waals surface area contributed by atoms with Gasteiger partial charge in [0.1, 0.15) is 11.6 Å². The highest BCUT2D eigenvalue weighted by Gasteiger charge is 2.21. The number of ether oxygens (including phenoxy) is 1. The number of piperidine rings is 1. The second kappa shape index (κ2) is 10.4. The second-order valence-corrected chi connectivity index (χ2v) is 7.57. The lowest BCUT2D eigenvalue weighted by atomic mass is 10.1. The fourth-order valence-electron chi connectivity index (χ4n) is 3.26. The molecule has 1 fully saturated rings. The zero-order valence-electron chi connectivity index (χ0n) is 16.2. The van der Waals surface area contributed by atoms with E-state index in [0.717, 1.165) is 25.9 Å². The van der Waals surface area contributed by atoms with Crippen molar-refractivity contribution in [1.82, 2.24) is 10.6 Å². The summed E-state index contributed by atoms with van der Waals surface area (Å²) in [7, 11) is 0. The van der Waals surface area contributed by atoms with Crippen molar-refractivity contribution in [1.29, 1.82) is 0 Å². The normalized spacial score (nSPS) is 15.6. The number of thiophene rings is 1. The van der Waals surface area contributed by atoms with E-state index in [0.29, 0.717) is 12.5 Å². The van der Waals surface area contributed by atoms with E-state index in [9.17, 15) is 13.2 Å². The van der Waals surface area contributed by atoms with Crippen molar-refractivity contribution < 1.29 is 17.9 Å². The van der Waals surface area contributed by atoms with Crippen LogP contribution in [0.25, 0.3) is 0 Å². The van der Waals surface area contributed by atoms with E-state index in [4.69, 9.17) is 0 Å². The van der Waals surface area contributed by atoms with Crippen LogP contribution in [-0.2, 0) is 6.54 Å². The Morgan fingerprint density at radius 1 is 1.28 bits per heavy atom. The van der Waals surface area contributed by atoms with Crippen LogP contribution in [0, 0.1) is 5.82 Å². The third kappa shape index (κ3) is 6.03. The SMILES string of the molecule is CCNC(=NCc1c(F)cccc1OC(F)F)NC1CCN(c2cccs2)CC1. The molecular formula is C20H25F3N4OS. The first-order chi connectivity index (χ1) is 14.1. The fraction of sp³-hybridized carbons (Fsp3) is 0.450. The minimum atomic E-state index is -3.01. The number of halogens is 3. The molecule has 2 aromatic rings. The lowest BCUT2D eigenvalue weighted by molar-refractivity contribution is -0.0506. The highest BCUT2D eigenvalue weighted by Crippen LogP contribution is 2.25. The Kier molecular flexibility index (Phi) is 7.62. The number of hydrogen-bond acceptors (Lipinski definition) is 4. The molecule has 0 atom stereocenters. The van der Waals surface area contributed by atoms with Gasteiger partial charge in [-0.15, -0.1) is 11.3 Å². The molecule has 29 heavy (non-hydrogen) atoms. The van der Waals surface area contributed by atoms with E-state index in [1.807, 2.05) is 6.92 Å². The molecular weight excluding hydrogens is 401 g/mol. The molecule has 0 spiro atoms. The van der Waals surface area contributed by atoms with Gasteiger partial charge in [0.05, 0.1) is 17.1 Å². The van der Waals surface area contributed by atoms with Gasteiger partial charge in [0.2, 0.25) is 0 Å². The van der Waals surface area contributed by atoms with E-state index < -0.39 is 12.4 Å². The van der Waals surface area contributed by atoms with Crippen molar-refractivity contribution in [2.45, 2.75) is 39.0 Å². The van der Waals surface area contributed by atoms with Crippen molar-refractivity contribution in [2.24, 2.45) is 4.99 Å². The lowest BCUT2D eigenvalue weighted by Gasteiger charge is -2.33. The molecule has 0 aliphatic carbocycles. The number of rotatable bonds is 7. The van der Waals surface area contributed by atoms with Gasteiger partial charge in [-0.3, -0.25) is 0 Å². The molecule has 0 amide bonds. The average molecular weight is 427 g/mol. The molecule has 0 unspecified atom stereocenters. The molecule has 0 saturated carbocycles. The minimum absolute atomic E-state index is 0.0116. The van der Waals surface area contributed by atoms with Crippen molar-refractivity contribution in [2.75, 3.05) is 24.5 Å². The topological polar surface area (TPSA) is 48.9 Å². The Balaban J connectivity index is 1.62. The average Bonchev–Trinajstić information content (AvgIpc) is 3.22. The van der Waals surface area contributed by atoms with Crippen LogP contribution in [-0.4, -0.2) is 38.2 Å². The second-order valence-electron chi connectivity index (χ2n) is 6.65. The monoisotopic (exact) mass is 426 g/mol. The number of nitrogens with one attached hydrogen (secondary N) is 2. The van der Waals surface area contributed by atoms with E-state index >= 15 is 0 Å². The van der Waals surface area contributed by atoms with Gasteiger partial charge in [-0.1, -0.05) is 6.07 Å². The van der Waals surface area contributed by atoms with E-state index in [1.54, 1.807) is 11.3 Å². The maximum atomic E-state index is 14.1. The smallest absolute Gasteiger partial charge is 0.387 e. The summed E-state index contributed by atoms with van der Waals surface area (Å²) in [5.41, 5.74) is 0.0116. The number of guanidine groups is 1. The Hall–Kier alpha value is -2.42. The maximum Gasteiger partial charge on any atom is 0.387 e. The van der Waals surface area contributed by atoms with E-state index in [2.05, 4.69) is 42.8 Å². The fourth-order valence-corrected chi connectivity index (χ4v) is 4.05. The summed E-state index contributed by atoms with van der Waals surface area (Å²) in [4.78, 5) is 6.75. The first-order valence-electron chi connectivity index (χ1n) is 9.62. The van der Waals surface area contributed by atoms with Gasteiger partial charge in [0.25, 0.3) is 0 Å². The predicted molar refractivity (Wildman–Crippen MR) is 111 cm³/mol. The van der Waals surface area contributed by atoms with Crippen molar-refractivity contribution in [3.63, 3.8) is 0 Å². The van der Waals surface area contributed by atoms with Gasteiger partial charge in [0.15, 0.2) is 5.96 Å². The van der Waals surface area contributed by atoms with Crippen molar-refractivity contribution in [3.05, 3.63) is 47.1 Å². The largest absolute Gasteiger partial charge is 0.434 e. The number of aliphatic imine (C=N–C) groups is 1. The standard InChI is InChI=1S/C20H25F3N4OS/c1-2-24-20(25-13-15-16(21)5-3-6-17(15)28-19(22)23)26-14-8-10-27(11-9-14)18-7-4-12-29-18/h3-7,12,14,19H,2,8-11,13H2,1H3,(H2,24,25,26). The van der Waals surface area contributed by atoms with Gasteiger partial charge in [-0.2, -0.15) is 8.78 Å². The zero-order valence-corrected chi connectivity index (χ0v) is 17.0. The molecule has 1 aromatic heterocycles. The summed E-state index contributed by atoms with van der Waals surface area (Å²) in [6.45, 7) is 1.34. The highest BCUT2D eigenvalue weighted by molar-refractivity contribution is 7.14. The quantitative estimate of drug-likeness (QED) is 0.514. The molecule has 0 bridgehead atoms. The molecule has 1 aliphatic heterocycles. The summed E-state index contributed by atoms with van der Waals surface area (Å²) in [5, 5.41) is 9.86. The maximum absolute atomic E-state index is 14.1. The summed E-state index contributed by atoms with van der Waals surface area (Å²) in [6.07, 6.45) is 1.89. The molecule has 2 N–H and O–H groups in total. The van der Waals surface area contributed by atoms with Crippen LogP contribution in [0.4, 0.5) is 18.2 Å². The molecule has 2 heterocycles. The summed E-state index contributed by atoms with van der Waals surface area (Å²) in [5.74, 6) is -0.274. The number of hydrogen-bond donors (Lipinski definition) is 2. The van der Waals surface area contributed by atoms with Crippen LogP contribution in [0.5, 0.6) is 5.75 Å². The first kappa shape index (κ1) is 21.3. The molecule has 0 radical (unpaired) electrons. The van der Waals surface area contributed by atoms with Crippen LogP contribution in [0.3, 0.4) is 0 Å². The van der Waals surface area contributed by atoms with Gasteiger partial charge in [-0.05, 0) is 49.4 Å². The van der Waals surface area contributed by atoms with Gasteiger partial charge in [-0.25, -0.2) is 9.38 Å². The Morgan fingerprint density at radius 2 is 2.07 bits per heavy atom. The van der Waals surface area contributed by atoms with Crippen LogP contribution >= 0.6 is 11.3 Å². The summed E-state index contributed by atoms with van der Waals surface area (Å²) < 4.78 is 43.7. The summed E-state index contributed by atoms with van der Waals surface area (Å²) >= 11 is 1.73. The van der Waals surface area contributed by atoms with Crippen LogP contribution < -0.4 is 20.3 Å². The molecule has 1 saturated heterocycles. The molecule has 3 rings (SSSR count). The van der Waals surface area contributed by atoms with E-state index in [1.165, 1.54) is 23.2 Å². The summed E-state index contributed by atoms with van der Waals surface area (Å²) in [6, 6.07) is 8.28. The Bertz CT molecular complexity index is 793. The first-order valence-corrected chi connectivity index (χ1v) is 10.5. The number of alkyl halides is 2. The molecule has 1 aromatic carbocycles. The molecule has 9 heteroatoms. The van der Waals surface area contributed by atoms with Gasteiger partial charge < -0.3 is 20.3 Å². The highest BCUT2D eigenvalue weighted by atomic mass is 32.1.